The number of thioether (sulfide) groups is 1. The third-order valence-electron chi connectivity index (χ3n) is 3.39. The van der Waals surface area contributed by atoms with Crippen molar-refractivity contribution in [1.82, 2.24) is 20.1 Å². The van der Waals surface area contributed by atoms with Gasteiger partial charge in [-0.15, -0.1) is 28.1 Å². The van der Waals surface area contributed by atoms with E-state index < -0.39 is 0 Å². The van der Waals surface area contributed by atoms with E-state index >= 15 is 0 Å². The van der Waals surface area contributed by atoms with Gasteiger partial charge in [0.2, 0.25) is 5.91 Å². The van der Waals surface area contributed by atoms with Gasteiger partial charge < -0.3 is 9.73 Å². The van der Waals surface area contributed by atoms with Gasteiger partial charge in [-0.2, -0.15) is 0 Å². The topological polar surface area (TPSA) is 73.0 Å². The van der Waals surface area contributed by atoms with Crippen LogP contribution in [0.1, 0.15) is 10.6 Å². The largest absolute Gasteiger partial charge is 0.467 e. The predicted octanol–water partition coefficient (Wildman–Crippen LogP) is 3.50. The van der Waals surface area contributed by atoms with Gasteiger partial charge in [0.05, 0.1) is 18.6 Å². The Kier molecular flexibility index (Phi) is 5.72. The van der Waals surface area contributed by atoms with E-state index in [4.69, 9.17) is 4.42 Å². The molecule has 0 bridgehead atoms. The highest BCUT2D eigenvalue weighted by molar-refractivity contribution is 7.99. The standard InChI is InChI=1S/C17H18N4O2S2/c1-3-6-21-16(13-8-12(2)24-10-13)19-20-17(21)25-11-15(22)18-9-14-5-4-7-23-14/h3-5,7-8,10H,1,6,9,11H2,2H3,(H,18,22). The highest BCUT2D eigenvalue weighted by atomic mass is 32.2. The Hall–Kier alpha value is -2.32. The highest BCUT2D eigenvalue weighted by Gasteiger charge is 2.15. The van der Waals surface area contributed by atoms with Crippen LogP contribution in [0.2, 0.25) is 0 Å². The van der Waals surface area contributed by atoms with Crippen molar-refractivity contribution in [3.05, 3.63) is 53.1 Å². The fraction of sp³-hybridized carbons (Fsp3) is 0.235. The summed E-state index contributed by atoms with van der Waals surface area (Å²) in [5.74, 6) is 1.70. The Labute approximate surface area is 154 Å². The Morgan fingerprint density at radius 2 is 2.40 bits per heavy atom. The third kappa shape index (κ3) is 4.40. The maximum atomic E-state index is 12.0. The van der Waals surface area contributed by atoms with Gasteiger partial charge in [-0.1, -0.05) is 17.8 Å². The van der Waals surface area contributed by atoms with Crippen LogP contribution in [0.5, 0.6) is 0 Å². The van der Waals surface area contributed by atoms with E-state index in [0.29, 0.717) is 18.2 Å². The molecule has 130 valence electrons. The van der Waals surface area contributed by atoms with E-state index in [1.165, 1.54) is 16.6 Å². The lowest BCUT2D eigenvalue weighted by molar-refractivity contribution is -0.118. The van der Waals surface area contributed by atoms with Gasteiger partial charge in [0, 0.05) is 22.4 Å². The molecule has 0 saturated carbocycles. The molecule has 1 N–H and O–H groups in total. The van der Waals surface area contributed by atoms with Crippen LogP contribution >= 0.6 is 23.1 Å². The minimum absolute atomic E-state index is 0.0810. The molecular weight excluding hydrogens is 356 g/mol. The van der Waals surface area contributed by atoms with Gasteiger partial charge in [0.25, 0.3) is 0 Å². The number of rotatable bonds is 8. The molecule has 1 amide bonds. The normalized spacial score (nSPS) is 10.8. The average Bonchev–Trinajstić information content (AvgIpc) is 3.33. The molecule has 0 radical (unpaired) electrons. The first-order valence-corrected chi connectivity index (χ1v) is 9.55. The van der Waals surface area contributed by atoms with E-state index in [2.05, 4.69) is 40.5 Å². The van der Waals surface area contributed by atoms with Crippen LogP contribution in [0.3, 0.4) is 0 Å². The second-order valence-corrected chi connectivity index (χ2v) is 7.35. The summed E-state index contributed by atoms with van der Waals surface area (Å²) in [5, 5.41) is 14.1. The Morgan fingerprint density at radius 1 is 1.52 bits per heavy atom. The first-order chi connectivity index (χ1) is 12.2. The Morgan fingerprint density at radius 3 is 3.08 bits per heavy atom. The predicted molar refractivity (Wildman–Crippen MR) is 99.5 cm³/mol. The number of furan rings is 1. The second kappa shape index (κ2) is 8.17. The molecule has 0 fully saturated rings. The number of aryl methyl sites for hydroxylation is 1. The Balaban J connectivity index is 1.64. The monoisotopic (exact) mass is 374 g/mol. The SMILES string of the molecule is C=CCn1c(SCC(=O)NCc2ccco2)nnc1-c1csc(C)c1. The molecule has 3 aromatic heterocycles. The van der Waals surface area contributed by atoms with Gasteiger partial charge in [-0.3, -0.25) is 9.36 Å². The Bertz CT molecular complexity index is 852. The van der Waals surface area contributed by atoms with Crippen LogP contribution in [0, 0.1) is 6.92 Å². The lowest BCUT2D eigenvalue weighted by atomic mass is 10.3. The van der Waals surface area contributed by atoms with Crippen molar-refractivity contribution >= 4 is 29.0 Å². The van der Waals surface area contributed by atoms with Crippen molar-refractivity contribution in [3.63, 3.8) is 0 Å². The fourth-order valence-corrected chi connectivity index (χ4v) is 3.70. The first-order valence-electron chi connectivity index (χ1n) is 7.69. The molecule has 3 rings (SSSR count). The zero-order valence-electron chi connectivity index (χ0n) is 13.8. The van der Waals surface area contributed by atoms with Gasteiger partial charge in [0.15, 0.2) is 11.0 Å². The zero-order chi connectivity index (χ0) is 17.6. The summed E-state index contributed by atoms with van der Waals surface area (Å²) in [7, 11) is 0. The van der Waals surface area contributed by atoms with Gasteiger partial charge in [0.1, 0.15) is 5.76 Å². The molecule has 0 aliphatic rings. The maximum Gasteiger partial charge on any atom is 0.230 e. The molecule has 3 heterocycles. The number of nitrogens with one attached hydrogen (secondary N) is 1. The summed E-state index contributed by atoms with van der Waals surface area (Å²) in [6.07, 6.45) is 3.38. The summed E-state index contributed by atoms with van der Waals surface area (Å²) in [6.45, 7) is 6.82. The van der Waals surface area contributed by atoms with E-state index in [1.807, 2.05) is 10.6 Å². The maximum absolute atomic E-state index is 12.0. The van der Waals surface area contributed by atoms with E-state index in [1.54, 1.807) is 29.7 Å². The molecule has 25 heavy (non-hydrogen) atoms. The number of nitrogens with zero attached hydrogens (tertiary/aromatic N) is 3. The van der Waals surface area contributed by atoms with Crippen molar-refractivity contribution in [1.29, 1.82) is 0 Å². The van der Waals surface area contributed by atoms with E-state index in [0.717, 1.165) is 17.1 Å². The lowest BCUT2D eigenvalue weighted by Gasteiger charge is -2.07. The average molecular weight is 374 g/mol. The summed E-state index contributed by atoms with van der Waals surface area (Å²) < 4.78 is 7.17. The summed E-state index contributed by atoms with van der Waals surface area (Å²) >= 11 is 3.03. The van der Waals surface area contributed by atoms with Crippen LogP contribution in [0.4, 0.5) is 0 Å². The zero-order valence-corrected chi connectivity index (χ0v) is 15.4. The summed E-state index contributed by atoms with van der Waals surface area (Å²) in [6, 6.07) is 5.70. The van der Waals surface area contributed by atoms with Crippen molar-refractivity contribution in [2.75, 3.05) is 5.75 Å². The number of hydrogen-bond acceptors (Lipinski definition) is 6. The first kappa shape index (κ1) is 17.5. The molecule has 0 atom stereocenters. The lowest BCUT2D eigenvalue weighted by Crippen LogP contribution is -2.24. The van der Waals surface area contributed by atoms with E-state index in [9.17, 15) is 4.79 Å². The van der Waals surface area contributed by atoms with Crippen LogP contribution in [0.15, 0.2) is 52.1 Å². The molecule has 0 aliphatic carbocycles. The molecule has 8 heteroatoms. The van der Waals surface area contributed by atoms with Crippen LogP contribution in [-0.4, -0.2) is 26.4 Å². The van der Waals surface area contributed by atoms with Crippen molar-refractivity contribution in [2.45, 2.75) is 25.2 Å². The quantitative estimate of drug-likeness (QED) is 0.482. The van der Waals surface area contributed by atoms with Crippen molar-refractivity contribution in [2.24, 2.45) is 0 Å². The van der Waals surface area contributed by atoms with Gasteiger partial charge in [-0.05, 0) is 25.1 Å². The highest BCUT2D eigenvalue weighted by Crippen LogP contribution is 2.27. The smallest absolute Gasteiger partial charge is 0.230 e. The fourth-order valence-electron chi connectivity index (χ4n) is 2.24. The minimum atomic E-state index is -0.0810. The van der Waals surface area contributed by atoms with Crippen LogP contribution < -0.4 is 5.32 Å². The summed E-state index contributed by atoms with van der Waals surface area (Å²) in [4.78, 5) is 13.2. The number of carbonyl (C=O) groups excluding carboxylic acids is 1. The molecule has 0 aromatic carbocycles. The molecule has 0 aliphatic heterocycles. The van der Waals surface area contributed by atoms with Gasteiger partial charge in [-0.25, -0.2) is 0 Å². The van der Waals surface area contributed by atoms with Crippen molar-refractivity contribution < 1.29 is 9.21 Å². The van der Waals surface area contributed by atoms with Crippen LogP contribution in [0.25, 0.3) is 11.4 Å². The second-order valence-electron chi connectivity index (χ2n) is 5.30. The molecule has 0 unspecified atom stereocenters. The molecular formula is C17H18N4O2S2. The number of hydrogen-bond donors (Lipinski definition) is 1. The van der Waals surface area contributed by atoms with E-state index in [-0.39, 0.29) is 11.7 Å². The number of carbonyl (C=O) groups is 1. The summed E-state index contributed by atoms with van der Waals surface area (Å²) in [5.41, 5.74) is 1.03. The minimum Gasteiger partial charge on any atom is -0.467 e. The number of amides is 1. The molecule has 3 aromatic rings. The van der Waals surface area contributed by atoms with Gasteiger partial charge >= 0.3 is 0 Å². The number of allylic oxidation sites excluding steroid dienone is 1. The number of aromatic nitrogens is 3. The van der Waals surface area contributed by atoms with Crippen molar-refractivity contribution in [3.8, 4) is 11.4 Å². The van der Waals surface area contributed by atoms with Crippen LogP contribution in [-0.2, 0) is 17.9 Å². The molecule has 6 nitrogen and oxygen atoms in total. The molecule has 0 saturated heterocycles. The number of thiophene rings is 1. The molecule has 0 spiro atoms. The third-order valence-corrected chi connectivity index (χ3v) is 5.22.